The van der Waals surface area contributed by atoms with Gasteiger partial charge >= 0.3 is 0 Å². The molecular weight excluding hydrogens is 318 g/mol. The van der Waals surface area contributed by atoms with Crippen LogP contribution in [0.4, 0.5) is 0 Å². The van der Waals surface area contributed by atoms with E-state index < -0.39 is 0 Å². The Kier molecular flexibility index (Phi) is 8.97. The van der Waals surface area contributed by atoms with Crippen LogP contribution in [0.5, 0.6) is 0 Å². The zero-order valence-electron chi connectivity index (χ0n) is 15.6. The SMILES string of the molecule is CC(=O)N(CCC(=O)NCCC1=CCCCC1)CCN1CCOCC1. The van der Waals surface area contributed by atoms with Gasteiger partial charge in [0.2, 0.25) is 11.8 Å². The number of carbonyl (C=O) groups is 2. The van der Waals surface area contributed by atoms with Crippen molar-refractivity contribution in [3.63, 3.8) is 0 Å². The minimum Gasteiger partial charge on any atom is -0.379 e. The van der Waals surface area contributed by atoms with E-state index in [1.807, 2.05) is 0 Å². The summed E-state index contributed by atoms with van der Waals surface area (Å²) in [4.78, 5) is 27.9. The number of morpholine rings is 1. The van der Waals surface area contributed by atoms with Gasteiger partial charge in [-0.3, -0.25) is 14.5 Å². The fourth-order valence-corrected chi connectivity index (χ4v) is 3.33. The first kappa shape index (κ1) is 19.9. The molecule has 1 fully saturated rings. The summed E-state index contributed by atoms with van der Waals surface area (Å²) in [6, 6.07) is 0. The molecule has 1 N–H and O–H groups in total. The summed E-state index contributed by atoms with van der Waals surface area (Å²) >= 11 is 0. The molecule has 0 radical (unpaired) electrons. The highest BCUT2D eigenvalue weighted by molar-refractivity contribution is 5.78. The van der Waals surface area contributed by atoms with Crippen LogP contribution in [0.3, 0.4) is 0 Å². The number of amides is 2. The zero-order valence-corrected chi connectivity index (χ0v) is 15.6. The Bertz CT molecular complexity index is 459. The van der Waals surface area contributed by atoms with E-state index in [-0.39, 0.29) is 11.8 Å². The molecule has 0 unspecified atom stereocenters. The Morgan fingerprint density at radius 3 is 2.72 bits per heavy atom. The van der Waals surface area contributed by atoms with Gasteiger partial charge < -0.3 is 15.0 Å². The molecule has 1 heterocycles. The minimum atomic E-state index is 0.0356. The molecule has 1 saturated heterocycles. The van der Waals surface area contributed by atoms with E-state index in [4.69, 9.17) is 4.74 Å². The minimum absolute atomic E-state index is 0.0356. The summed E-state index contributed by atoms with van der Waals surface area (Å²) < 4.78 is 5.34. The molecule has 6 nitrogen and oxygen atoms in total. The molecule has 6 heteroatoms. The van der Waals surface area contributed by atoms with Crippen LogP contribution in [-0.4, -0.2) is 74.1 Å². The van der Waals surface area contributed by atoms with Crippen LogP contribution in [0.1, 0.15) is 45.4 Å². The van der Waals surface area contributed by atoms with Crippen molar-refractivity contribution in [2.75, 3.05) is 52.5 Å². The molecule has 2 amide bonds. The second-order valence-corrected chi connectivity index (χ2v) is 6.92. The van der Waals surface area contributed by atoms with Gasteiger partial charge in [-0.2, -0.15) is 0 Å². The topological polar surface area (TPSA) is 61.9 Å². The standard InChI is InChI=1S/C19H33N3O3/c1-17(23)22(12-11-21-13-15-25-16-14-21)10-8-19(24)20-9-7-18-5-3-2-4-6-18/h5H,2-4,6-16H2,1H3,(H,20,24). The largest absolute Gasteiger partial charge is 0.379 e. The second-order valence-electron chi connectivity index (χ2n) is 6.92. The van der Waals surface area contributed by atoms with Gasteiger partial charge in [-0.25, -0.2) is 0 Å². The van der Waals surface area contributed by atoms with Crippen molar-refractivity contribution in [2.24, 2.45) is 0 Å². The van der Waals surface area contributed by atoms with E-state index >= 15 is 0 Å². The van der Waals surface area contributed by atoms with Crippen LogP contribution in [0.15, 0.2) is 11.6 Å². The molecule has 2 aliphatic rings. The Morgan fingerprint density at radius 2 is 2.04 bits per heavy atom. The van der Waals surface area contributed by atoms with E-state index in [0.717, 1.165) is 39.3 Å². The molecule has 0 spiro atoms. The van der Waals surface area contributed by atoms with Crippen molar-refractivity contribution in [1.82, 2.24) is 15.1 Å². The molecule has 0 bridgehead atoms. The van der Waals surface area contributed by atoms with E-state index in [0.29, 0.717) is 26.1 Å². The van der Waals surface area contributed by atoms with Crippen molar-refractivity contribution in [3.8, 4) is 0 Å². The number of hydrogen-bond donors (Lipinski definition) is 1. The van der Waals surface area contributed by atoms with Crippen molar-refractivity contribution in [1.29, 1.82) is 0 Å². The smallest absolute Gasteiger partial charge is 0.221 e. The van der Waals surface area contributed by atoms with Gasteiger partial charge in [0, 0.05) is 52.6 Å². The molecule has 0 aromatic heterocycles. The first-order chi connectivity index (χ1) is 12.1. The van der Waals surface area contributed by atoms with Crippen LogP contribution >= 0.6 is 0 Å². The number of nitrogens with zero attached hydrogens (tertiary/aromatic N) is 2. The second kappa shape index (κ2) is 11.3. The fourth-order valence-electron chi connectivity index (χ4n) is 3.33. The lowest BCUT2D eigenvalue weighted by Gasteiger charge is -2.29. The first-order valence-electron chi connectivity index (χ1n) is 9.65. The average molecular weight is 351 g/mol. The van der Waals surface area contributed by atoms with Crippen LogP contribution in [0.25, 0.3) is 0 Å². The predicted octanol–water partition coefficient (Wildman–Crippen LogP) is 1.56. The van der Waals surface area contributed by atoms with Crippen LogP contribution in [0, 0.1) is 0 Å². The van der Waals surface area contributed by atoms with Crippen LogP contribution in [-0.2, 0) is 14.3 Å². The van der Waals surface area contributed by atoms with Crippen molar-refractivity contribution >= 4 is 11.8 Å². The first-order valence-corrected chi connectivity index (χ1v) is 9.65. The van der Waals surface area contributed by atoms with Crippen molar-refractivity contribution < 1.29 is 14.3 Å². The summed E-state index contributed by atoms with van der Waals surface area (Å²) in [6.45, 7) is 7.66. The third kappa shape index (κ3) is 8.01. The highest BCUT2D eigenvalue weighted by Gasteiger charge is 2.15. The third-order valence-corrected chi connectivity index (χ3v) is 5.00. The Labute approximate surface area is 151 Å². The quantitative estimate of drug-likeness (QED) is 0.641. The van der Waals surface area contributed by atoms with Crippen molar-refractivity contribution in [2.45, 2.75) is 45.4 Å². The lowest BCUT2D eigenvalue weighted by atomic mass is 9.97. The number of ether oxygens (including phenoxy) is 1. The molecule has 142 valence electrons. The number of carbonyl (C=O) groups excluding carboxylic acids is 2. The van der Waals surface area contributed by atoms with Gasteiger partial charge in [0.15, 0.2) is 0 Å². The maximum Gasteiger partial charge on any atom is 0.221 e. The molecule has 1 aliphatic carbocycles. The van der Waals surface area contributed by atoms with Crippen LogP contribution < -0.4 is 5.32 Å². The Hall–Kier alpha value is -1.40. The predicted molar refractivity (Wildman–Crippen MR) is 98.3 cm³/mol. The molecule has 0 aromatic carbocycles. The maximum atomic E-state index is 12.0. The summed E-state index contributed by atoms with van der Waals surface area (Å²) in [5.41, 5.74) is 1.47. The zero-order chi connectivity index (χ0) is 17.9. The van der Waals surface area contributed by atoms with E-state index in [2.05, 4.69) is 16.3 Å². The summed E-state index contributed by atoms with van der Waals surface area (Å²) in [5, 5.41) is 2.99. The molecule has 0 saturated carbocycles. The molecule has 25 heavy (non-hydrogen) atoms. The third-order valence-electron chi connectivity index (χ3n) is 5.00. The average Bonchev–Trinajstić information content (AvgIpc) is 2.63. The van der Waals surface area contributed by atoms with Crippen molar-refractivity contribution in [3.05, 3.63) is 11.6 Å². The fraction of sp³-hybridized carbons (Fsp3) is 0.789. The summed E-state index contributed by atoms with van der Waals surface area (Å²) in [6.07, 6.45) is 8.58. The van der Waals surface area contributed by atoms with Gasteiger partial charge in [-0.1, -0.05) is 11.6 Å². The lowest BCUT2D eigenvalue weighted by Crippen LogP contribution is -2.43. The number of rotatable bonds is 9. The summed E-state index contributed by atoms with van der Waals surface area (Å²) in [7, 11) is 0. The van der Waals surface area contributed by atoms with E-state index in [1.165, 1.54) is 31.3 Å². The van der Waals surface area contributed by atoms with Gasteiger partial charge in [0.1, 0.15) is 0 Å². The Balaban J connectivity index is 1.60. The monoisotopic (exact) mass is 351 g/mol. The Morgan fingerprint density at radius 1 is 1.24 bits per heavy atom. The van der Waals surface area contributed by atoms with Gasteiger partial charge in [-0.05, 0) is 32.1 Å². The number of nitrogens with one attached hydrogen (secondary N) is 1. The number of hydrogen-bond acceptors (Lipinski definition) is 4. The summed E-state index contributed by atoms with van der Waals surface area (Å²) in [5.74, 6) is 0.0717. The highest BCUT2D eigenvalue weighted by atomic mass is 16.5. The van der Waals surface area contributed by atoms with Gasteiger partial charge in [0.25, 0.3) is 0 Å². The maximum absolute atomic E-state index is 12.0. The van der Waals surface area contributed by atoms with Crippen LogP contribution in [0.2, 0.25) is 0 Å². The van der Waals surface area contributed by atoms with Gasteiger partial charge in [-0.15, -0.1) is 0 Å². The molecular formula is C19H33N3O3. The van der Waals surface area contributed by atoms with E-state index in [1.54, 1.807) is 11.8 Å². The van der Waals surface area contributed by atoms with Gasteiger partial charge in [0.05, 0.1) is 13.2 Å². The lowest BCUT2D eigenvalue weighted by molar-refractivity contribution is -0.130. The molecule has 1 aliphatic heterocycles. The molecule has 0 atom stereocenters. The molecule has 0 aromatic rings. The van der Waals surface area contributed by atoms with E-state index in [9.17, 15) is 9.59 Å². The molecule has 2 rings (SSSR count). The number of allylic oxidation sites excluding steroid dienone is 1. The highest BCUT2D eigenvalue weighted by Crippen LogP contribution is 2.19. The normalized spacial score (nSPS) is 18.5.